The summed E-state index contributed by atoms with van der Waals surface area (Å²) in [6, 6.07) is 12.7. The van der Waals surface area contributed by atoms with E-state index < -0.39 is 11.9 Å². The van der Waals surface area contributed by atoms with Crippen LogP contribution in [0, 0.1) is 18.8 Å². The van der Waals surface area contributed by atoms with E-state index in [9.17, 15) is 14.4 Å². The summed E-state index contributed by atoms with van der Waals surface area (Å²) in [6.07, 6.45) is 0.469. The number of carbonyl (C=O) groups excluding carboxylic acids is 2. The lowest BCUT2D eigenvalue weighted by atomic mass is 10.0. The largest absolute Gasteiger partial charge is 0.379 e. The Balaban J connectivity index is 1.42. The van der Waals surface area contributed by atoms with Gasteiger partial charge in [0.1, 0.15) is 11.9 Å². The number of aromatic nitrogens is 2. The predicted octanol–water partition coefficient (Wildman–Crippen LogP) is 1.91. The van der Waals surface area contributed by atoms with Gasteiger partial charge in [-0.2, -0.15) is 0 Å². The van der Waals surface area contributed by atoms with Gasteiger partial charge in [-0.1, -0.05) is 30.0 Å². The van der Waals surface area contributed by atoms with E-state index in [0.717, 1.165) is 38.4 Å². The summed E-state index contributed by atoms with van der Waals surface area (Å²) < 4.78 is 6.79. The number of nitrogens with one attached hydrogen (secondary N) is 1. The van der Waals surface area contributed by atoms with Crippen LogP contribution in [0.5, 0.6) is 0 Å². The highest BCUT2D eigenvalue weighted by atomic mass is 16.5. The van der Waals surface area contributed by atoms with Crippen LogP contribution in [0.15, 0.2) is 47.3 Å². The number of ether oxygens (including phenoxy) is 1. The number of amides is 2. The van der Waals surface area contributed by atoms with Crippen molar-refractivity contribution in [3.05, 3.63) is 75.3 Å². The number of fused-ring (bicyclic) bond motifs is 1. The minimum Gasteiger partial charge on any atom is -0.379 e. The number of benzene rings is 2. The van der Waals surface area contributed by atoms with Crippen LogP contribution in [-0.2, 0) is 20.9 Å². The minimum absolute atomic E-state index is 0.192. The third-order valence-electron chi connectivity index (χ3n) is 6.43. The van der Waals surface area contributed by atoms with Gasteiger partial charge in [0.05, 0.1) is 29.7 Å². The molecular weight excluding hydrogens is 444 g/mol. The van der Waals surface area contributed by atoms with Crippen LogP contribution in [0.1, 0.15) is 41.4 Å². The fourth-order valence-electron chi connectivity index (χ4n) is 4.58. The topological polar surface area (TPSA) is 93.5 Å². The maximum Gasteiger partial charge on any atom is 0.262 e. The van der Waals surface area contributed by atoms with E-state index >= 15 is 0 Å². The van der Waals surface area contributed by atoms with E-state index in [-0.39, 0.29) is 24.3 Å². The summed E-state index contributed by atoms with van der Waals surface area (Å²) in [7, 11) is 0. The number of nitrogens with zero attached hydrogens (tertiary/aromatic N) is 3. The molecule has 2 fully saturated rings. The number of rotatable bonds is 3. The quantitative estimate of drug-likeness (QED) is 0.464. The zero-order valence-electron chi connectivity index (χ0n) is 19.5. The summed E-state index contributed by atoms with van der Waals surface area (Å²) in [5.74, 6) is 5.96. The highest BCUT2D eigenvalue weighted by Crippen LogP contribution is 2.21. The first kappa shape index (κ1) is 23.0. The highest BCUT2D eigenvalue weighted by molar-refractivity contribution is 5.99. The number of aryl methyl sites for hydroxylation is 1. The van der Waals surface area contributed by atoms with Crippen LogP contribution in [0.2, 0.25) is 0 Å². The van der Waals surface area contributed by atoms with E-state index in [4.69, 9.17) is 4.74 Å². The Labute approximate surface area is 202 Å². The Morgan fingerprint density at radius 3 is 2.57 bits per heavy atom. The molecule has 0 spiro atoms. The van der Waals surface area contributed by atoms with Crippen molar-refractivity contribution in [2.45, 2.75) is 32.4 Å². The normalized spacial score (nSPS) is 18.7. The van der Waals surface area contributed by atoms with Crippen LogP contribution in [-0.4, -0.2) is 52.6 Å². The molecule has 2 amide bonds. The average Bonchev–Trinajstić information content (AvgIpc) is 2.86. The van der Waals surface area contributed by atoms with E-state index in [0.29, 0.717) is 22.3 Å². The second kappa shape index (κ2) is 9.82. The molecule has 5 rings (SSSR count). The van der Waals surface area contributed by atoms with Crippen molar-refractivity contribution in [3.8, 4) is 11.8 Å². The molecule has 2 saturated heterocycles. The predicted molar refractivity (Wildman–Crippen MR) is 131 cm³/mol. The number of imide groups is 1. The van der Waals surface area contributed by atoms with Crippen molar-refractivity contribution in [3.63, 3.8) is 0 Å². The Morgan fingerprint density at radius 1 is 1.06 bits per heavy atom. The number of piperidine rings is 1. The summed E-state index contributed by atoms with van der Waals surface area (Å²) in [6.45, 7) is 6.03. The van der Waals surface area contributed by atoms with Crippen molar-refractivity contribution in [2.75, 3.05) is 26.3 Å². The number of morpholine rings is 1. The smallest absolute Gasteiger partial charge is 0.262 e. The molecule has 2 aromatic carbocycles. The molecule has 2 aliphatic heterocycles. The van der Waals surface area contributed by atoms with Crippen LogP contribution in [0.4, 0.5) is 0 Å². The van der Waals surface area contributed by atoms with Gasteiger partial charge >= 0.3 is 0 Å². The van der Waals surface area contributed by atoms with Gasteiger partial charge in [-0.25, -0.2) is 4.98 Å². The van der Waals surface area contributed by atoms with Crippen molar-refractivity contribution in [1.29, 1.82) is 0 Å². The second-order valence-electron chi connectivity index (χ2n) is 8.84. The molecule has 178 valence electrons. The van der Waals surface area contributed by atoms with Gasteiger partial charge in [0.15, 0.2) is 0 Å². The maximum absolute atomic E-state index is 13.3. The van der Waals surface area contributed by atoms with Crippen molar-refractivity contribution >= 4 is 22.7 Å². The molecule has 35 heavy (non-hydrogen) atoms. The SMILES string of the molecule is Cc1nc2c(C#Cc3ccc(CN4CCOCC4)cc3)cccc2c(=O)n1C1CCC(=O)NC1=O. The van der Waals surface area contributed by atoms with Crippen LogP contribution < -0.4 is 10.9 Å². The zero-order chi connectivity index (χ0) is 24.4. The molecular formula is C27H26N4O4. The van der Waals surface area contributed by atoms with Gasteiger partial charge in [-0.05, 0) is 43.2 Å². The lowest BCUT2D eigenvalue weighted by molar-refractivity contribution is -0.135. The number of hydrogen-bond acceptors (Lipinski definition) is 6. The molecule has 0 aliphatic carbocycles. The Kier molecular flexibility index (Phi) is 6.45. The minimum atomic E-state index is -0.747. The summed E-state index contributed by atoms with van der Waals surface area (Å²) in [5.41, 5.74) is 2.96. The monoisotopic (exact) mass is 470 g/mol. The van der Waals surface area contributed by atoms with Crippen molar-refractivity contribution in [2.24, 2.45) is 0 Å². The average molecular weight is 471 g/mol. The maximum atomic E-state index is 13.3. The fraction of sp³-hybridized carbons (Fsp3) is 0.333. The molecule has 3 aromatic rings. The number of para-hydroxylation sites is 1. The van der Waals surface area contributed by atoms with E-state index in [1.807, 2.05) is 18.2 Å². The summed E-state index contributed by atoms with van der Waals surface area (Å²) in [4.78, 5) is 44.2. The standard InChI is InChI=1S/C27H26N4O4/c1-18-28-25-21(10-9-19-5-7-20(8-6-19)17-30-13-15-35-16-14-30)3-2-4-22(25)27(34)31(18)23-11-12-24(32)29-26(23)33/h2-8,23H,11-17H2,1H3,(H,29,32,33). The molecule has 0 radical (unpaired) electrons. The van der Waals surface area contributed by atoms with Gasteiger partial charge in [-0.15, -0.1) is 0 Å². The van der Waals surface area contributed by atoms with E-state index in [1.165, 1.54) is 10.1 Å². The van der Waals surface area contributed by atoms with Gasteiger partial charge in [0.2, 0.25) is 11.8 Å². The Morgan fingerprint density at radius 2 is 1.83 bits per heavy atom. The van der Waals surface area contributed by atoms with E-state index in [1.54, 1.807) is 19.1 Å². The summed E-state index contributed by atoms with van der Waals surface area (Å²) >= 11 is 0. The van der Waals surface area contributed by atoms with Crippen LogP contribution >= 0.6 is 0 Å². The van der Waals surface area contributed by atoms with Crippen molar-refractivity contribution in [1.82, 2.24) is 19.8 Å². The number of hydrogen-bond donors (Lipinski definition) is 1. The molecule has 1 unspecified atom stereocenters. The van der Waals surface area contributed by atoms with Crippen LogP contribution in [0.25, 0.3) is 10.9 Å². The van der Waals surface area contributed by atoms with Gasteiger partial charge in [0, 0.05) is 31.6 Å². The van der Waals surface area contributed by atoms with Gasteiger partial charge in [0.25, 0.3) is 5.56 Å². The molecule has 1 aromatic heterocycles. The number of carbonyl (C=O) groups is 2. The lowest BCUT2D eigenvalue weighted by Crippen LogP contribution is -2.45. The summed E-state index contributed by atoms with van der Waals surface area (Å²) in [5, 5.41) is 2.71. The molecule has 1 atom stereocenters. The first-order valence-electron chi connectivity index (χ1n) is 11.8. The fourth-order valence-corrected chi connectivity index (χ4v) is 4.58. The molecule has 1 N–H and O–H groups in total. The first-order chi connectivity index (χ1) is 17.0. The Hall–Kier alpha value is -3.80. The highest BCUT2D eigenvalue weighted by Gasteiger charge is 2.30. The van der Waals surface area contributed by atoms with Crippen LogP contribution in [0.3, 0.4) is 0 Å². The zero-order valence-corrected chi connectivity index (χ0v) is 19.5. The molecule has 0 bridgehead atoms. The second-order valence-corrected chi connectivity index (χ2v) is 8.84. The Bertz CT molecular complexity index is 1410. The molecule has 8 heteroatoms. The molecule has 8 nitrogen and oxygen atoms in total. The third-order valence-corrected chi connectivity index (χ3v) is 6.43. The third kappa shape index (κ3) is 4.87. The van der Waals surface area contributed by atoms with Crippen molar-refractivity contribution < 1.29 is 14.3 Å². The van der Waals surface area contributed by atoms with Gasteiger partial charge in [-0.3, -0.25) is 29.2 Å². The molecule has 3 heterocycles. The van der Waals surface area contributed by atoms with Gasteiger partial charge < -0.3 is 4.74 Å². The first-order valence-corrected chi connectivity index (χ1v) is 11.8. The lowest BCUT2D eigenvalue weighted by Gasteiger charge is -2.26. The molecule has 0 saturated carbocycles. The van der Waals surface area contributed by atoms with E-state index in [2.05, 4.69) is 39.2 Å². The molecule has 2 aliphatic rings.